The molecule has 28 heavy (non-hydrogen) atoms. The molecule has 0 saturated carbocycles. The van der Waals surface area contributed by atoms with Crippen molar-refractivity contribution in [1.29, 1.82) is 0 Å². The van der Waals surface area contributed by atoms with Crippen LogP contribution in [-0.4, -0.2) is 31.9 Å². The van der Waals surface area contributed by atoms with Crippen molar-refractivity contribution in [3.8, 4) is 28.6 Å². The summed E-state index contributed by atoms with van der Waals surface area (Å²) in [6, 6.07) is 14.8. The van der Waals surface area contributed by atoms with Gasteiger partial charge in [0.05, 0.1) is 20.8 Å². The van der Waals surface area contributed by atoms with Gasteiger partial charge in [0.1, 0.15) is 11.4 Å². The molecule has 146 valence electrons. The van der Waals surface area contributed by atoms with Gasteiger partial charge in [0.2, 0.25) is 0 Å². The van der Waals surface area contributed by atoms with E-state index in [0.29, 0.717) is 28.7 Å². The number of nitrogens with one attached hydrogen (secondary N) is 1. The first kappa shape index (κ1) is 19.3. The normalized spacial score (nSPS) is 10.4. The zero-order valence-corrected chi connectivity index (χ0v) is 16.0. The van der Waals surface area contributed by atoms with E-state index in [-0.39, 0.29) is 19.1 Å². The van der Waals surface area contributed by atoms with Crippen LogP contribution in [-0.2, 0) is 11.3 Å². The van der Waals surface area contributed by atoms with Gasteiger partial charge in [-0.3, -0.25) is 4.79 Å². The van der Waals surface area contributed by atoms with Gasteiger partial charge in [0.25, 0.3) is 5.91 Å². The number of benzene rings is 2. The lowest BCUT2D eigenvalue weighted by atomic mass is 10.1. The van der Waals surface area contributed by atoms with Gasteiger partial charge in [-0.2, -0.15) is 0 Å². The fraction of sp³-hybridized carbons (Fsp3) is 0.238. The van der Waals surface area contributed by atoms with Gasteiger partial charge < -0.3 is 24.1 Å². The molecule has 3 aromatic rings. The van der Waals surface area contributed by atoms with E-state index in [2.05, 4.69) is 10.5 Å². The number of hydrogen-bond acceptors (Lipinski definition) is 6. The lowest BCUT2D eigenvalue weighted by Crippen LogP contribution is -2.28. The van der Waals surface area contributed by atoms with Crippen LogP contribution < -0.4 is 19.5 Å². The SMILES string of the molecule is COc1ccc(-c2cc(CNC(=O)COc3ccccc3C)no2)cc1OC. The maximum atomic E-state index is 12.0. The third-order valence-corrected chi connectivity index (χ3v) is 4.15. The van der Waals surface area contributed by atoms with Crippen LogP contribution >= 0.6 is 0 Å². The minimum atomic E-state index is -0.237. The van der Waals surface area contributed by atoms with Crippen molar-refractivity contribution >= 4 is 5.91 Å². The Morgan fingerprint density at radius 2 is 1.82 bits per heavy atom. The van der Waals surface area contributed by atoms with Crippen molar-refractivity contribution in [2.75, 3.05) is 20.8 Å². The van der Waals surface area contributed by atoms with Crippen molar-refractivity contribution in [3.05, 3.63) is 59.8 Å². The first-order valence-electron chi connectivity index (χ1n) is 8.74. The van der Waals surface area contributed by atoms with E-state index >= 15 is 0 Å². The van der Waals surface area contributed by atoms with Crippen LogP contribution in [0.4, 0.5) is 0 Å². The number of methoxy groups -OCH3 is 2. The number of para-hydroxylation sites is 1. The minimum absolute atomic E-state index is 0.0642. The monoisotopic (exact) mass is 382 g/mol. The molecule has 1 heterocycles. The Balaban J connectivity index is 1.56. The van der Waals surface area contributed by atoms with Crippen LogP contribution in [0.15, 0.2) is 53.1 Å². The second kappa shape index (κ2) is 8.94. The van der Waals surface area contributed by atoms with E-state index in [0.717, 1.165) is 11.1 Å². The lowest BCUT2D eigenvalue weighted by Gasteiger charge is -2.08. The molecule has 0 aliphatic heterocycles. The van der Waals surface area contributed by atoms with Crippen LogP contribution in [0.1, 0.15) is 11.3 Å². The fourth-order valence-corrected chi connectivity index (χ4v) is 2.62. The smallest absolute Gasteiger partial charge is 0.258 e. The second-order valence-electron chi connectivity index (χ2n) is 6.08. The van der Waals surface area contributed by atoms with Crippen LogP contribution in [0.3, 0.4) is 0 Å². The van der Waals surface area contributed by atoms with E-state index < -0.39 is 0 Å². The van der Waals surface area contributed by atoms with E-state index in [4.69, 9.17) is 18.7 Å². The lowest BCUT2D eigenvalue weighted by molar-refractivity contribution is -0.123. The van der Waals surface area contributed by atoms with Crippen LogP contribution in [0.5, 0.6) is 17.2 Å². The molecule has 0 aliphatic rings. The molecular weight excluding hydrogens is 360 g/mol. The Morgan fingerprint density at radius 1 is 1.04 bits per heavy atom. The van der Waals surface area contributed by atoms with Crippen molar-refractivity contribution < 1.29 is 23.5 Å². The molecule has 0 spiro atoms. The standard InChI is InChI=1S/C21H22N2O5/c1-14-6-4-5-7-17(14)27-13-21(24)22-12-16-11-19(28-23-16)15-8-9-18(25-2)20(10-15)26-3/h4-11H,12-13H2,1-3H3,(H,22,24). The molecule has 0 unspecified atom stereocenters. The molecule has 0 radical (unpaired) electrons. The fourth-order valence-electron chi connectivity index (χ4n) is 2.62. The number of aromatic nitrogens is 1. The van der Waals surface area contributed by atoms with Crippen LogP contribution in [0, 0.1) is 6.92 Å². The number of amides is 1. The van der Waals surface area contributed by atoms with Gasteiger partial charge in [-0.25, -0.2) is 0 Å². The third kappa shape index (κ3) is 4.62. The van der Waals surface area contributed by atoms with Gasteiger partial charge >= 0.3 is 0 Å². The molecule has 0 aliphatic carbocycles. The molecule has 1 aromatic heterocycles. The molecule has 2 aromatic carbocycles. The van der Waals surface area contributed by atoms with E-state index in [1.807, 2.05) is 37.3 Å². The molecule has 3 rings (SSSR count). The average molecular weight is 382 g/mol. The third-order valence-electron chi connectivity index (χ3n) is 4.15. The number of nitrogens with zero attached hydrogens (tertiary/aromatic N) is 1. The number of hydrogen-bond donors (Lipinski definition) is 1. The highest BCUT2D eigenvalue weighted by atomic mass is 16.5. The van der Waals surface area contributed by atoms with Gasteiger partial charge in [0, 0.05) is 11.6 Å². The predicted octanol–water partition coefficient (Wildman–Crippen LogP) is 3.36. The van der Waals surface area contributed by atoms with Crippen molar-refractivity contribution in [1.82, 2.24) is 10.5 Å². The highest BCUT2D eigenvalue weighted by Gasteiger charge is 2.12. The second-order valence-corrected chi connectivity index (χ2v) is 6.08. The first-order chi connectivity index (χ1) is 13.6. The summed E-state index contributed by atoms with van der Waals surface area (Å²) < 4.78 is 21.4. The van der Waals surface area contributed by atoms with E-state index in [1.165, 1.54) is 0 Å². The highest BCUT2D eigenvalue weighted by molar-refractivity contribution is 5.77. The van der Waals surface area contributed by atoms with Gasteiger partial charge in [-0.05, 0) is 36.8 Å². The summed E-state index contributed by atoms with van der Waals surface area (Å²) in [6.07, 6.45) is 0. The Labute approximate surface area is 163 Å². The van der Waals surface area contributed by atoms with E-state index in [9.17, 15) is 4.79 Å². The number of carbonyl (C=O) groups excluding carboxylic acids is 1. The summed E-state index contributed by atoms with van der Waals surface area (Å²) in [5.74, 6) is 2.25. The number of rotatable bonds is 8. The summed E-state index contributed by atoms with van der Waals surface area (Å²) >= 11 is 0. The van der Waals surface area contributed by atoms with Crippen molar-refractivity contribution in [3.63, 3.8) is 0 Å². The number of aryl methyl sites for hydroxylation is 1. The van der Waals surface area contributed by atoms with Crippen molar-refractivity contribution in [2.45, 2.75) is 13.5 Å². The maximum absolute atomic E-state index is 12.0. The number of ether oxygens (including phenoxy) is 3. The quantitative estimate of drug-likeness (QED) is 0.643. The molecule has 7 nitrogen and oxygen atoms in total. The molecule has 0 bridgehead atoms. The molecule has 7 heteroatoms. The molecule has 0 atom stereocenters. The van der Waals surface area contributed by atoms with Crippen LogP contribution in [0.2, 0.25) is 0 Å². The Morgan fingerprint density at radius 3 is 2.57 bits per heavy atom. The number of carbonyl (C=O) groups is 1. The molecule has 0 fully saturated rings. The van der Waals surface area contributed by atoms with Crippen molar-refractivity contribution in [2.24, 2.45) is 0 Å². The molecule has 1 amide bonds. The minimum Gasteiger partial charge on any atom is -0.493 e. The first-order valence-corrected chi connectivity index (χ1v) is 8.74. The van der Waals surface area contributed by atoms with Gasteiger partial charge in [-0.15, -0.1) is 0 Å². The summed E-state index contributed by atoms with van der Waals surface area (Å²) in [5, 5.41) is 6.76. The predicted molar refractivity (Wildman–Crippen MR) is 104 cm³/mol. The van der Waals surface area contributed by atoms with Gasteiger partial charge in [0.15, 0.2) is 23.9 Å². The zero-order valence-electron chi connectivity index (χ0n) is 16.0. The summed E-state index contributed by atoms with van der Waals surface area (Å²) in [7, 11) is 3.15. The van der Waals surface area contributed by atoms with Gasteiger partial charge in [-0.1, -0.05) is 23.4 Å². The summed E-state index contributed by atoms with van der Waals surface area (Å²) in [6.45, 7) is 2.11. The van der Waals surface area contributed by atoms with E-state index in [1.54, 1.807) is 32.4 Å². The Bertz CT molecular complexity index is 951. The zero-order chi connectivity index (χ0) is 19.9. The molecule has 0 saturated heterocycles. The highest BCUT2D eigenvalue weighted by Crippen LogP contribution is 2.32. The summed E-state index contributed by atoms with van der Waals surface area (Å²) in [4.78, 5) is 12.0. The Kier molecular flexibility index (Phi) is 6.16. The van der Waals surface area contributed by atoms with Crippen LogP contribution in [0.25, 0.3) is 11.3 Å². The topological polar surface area (TPSA) is 82.8 Å². The average Bonchev–Trinajstić information content (AvgIpc) is 3.20. The maximum Gasteiger partial charge on any atom is 0.258 e. The molecule has 1 N–H and O–H groups in total. The Hall–Kier alpha value is -3.48. The molecular formula is C21H22N2O5. The summed E-state index contributed by atoms with van der Waals surface area (Å²) in [5.41, 5.74) is 2.38. The largest absolute Gasteiger partial charge is 0.493 e.